The van der Waals surface area contributed by atoms with Gasteiger partial charge in [0.25, 0.3) is 0 Å². The van der Waals surface area contributed by atoms with E-state index in [1.807, 2.05) is 24.0 Å². The first kappa shape index (κ1) is 14.5. The topological polar surface area (TPSA) is 63.4 Å². The number of nitrogens with zero attached hydrogens (tertiary/aromatic N) is 1. The van der Waals surface area contributed by atoms with Gasteiger partial charge in [0.15, 0.2) is 0 Å². The highest BCUT2D eigenvalue weighted by Crippen LogP contribution is 2.30. The molecule has 1 unspecified atom stereocenters. The summed E-state index contributed by atoms with van der Waals surface area (Å²) < 4.78 is 1.04. The number of thiophene rings is 1. The number of likely N-dealkylation sites (tertiary alicyclic amines) is 1. The minimum Gasteiger partial charge on any atom is -0.369 e. The molecular weight excluding hydrogens is 328 g/mol. The predicted octanol–water partition coefficient (Wildman–Crippen LogP) is 2.34. The Hall–Kier alpha value is -0.880. The van der Waals surface area contributed by atoms with Crippen molar-refractivity contribution in [3.63, 3.8) is 0 Å². The lowest BCUT2D eigenvalue weighted by Gasteiger charge is -2.32. The lowest BCUT2D eigenvalue weighted by molar-refractivity contribution is -0.135. The molecule has 0 bridgehead atoms. The molecule has 2 rings (SSSR count). The summed E-state index contributed by atoms with van der Waals surface area (Å²) in [7, 11) is 0. The number of primary amides is 1. The summed E-state index contributed by atoms with van der Waals surface area (Å²) in [6, 6.07) is 3.94. The molecule has 4 nitrogen and oxygen atoms in total. The fourth-order valence-electron chi connectivity index (χ4n) is 2.34. The van der Waals surface area contributed by atoms with E-state index in [2.05, 4.69) is 15.9 Å². The van der Waals surface area contributed by atoms with Crippen molar-refractivity contribution in [3.05, 3.63) is 20.8 Å². The Morgan fingerprint density at radius 1 is 1.42 bits per heavy atom. The molecule has 6 heteroatoms. The van der Waals surface area contributed by atoms with Crippen LogP contribution in [0.3, 0.4) is 0 Å². The van der Waals surface area contributed by atoms with E-state index in [1.165, 1.54) is 0 Å². The zero-order chi connectivity index (χ0) is 14.0. The van der Waals surface area contributed by atoms with Crippen LogP contribution in [-0.4, -0.2) is 29.8 Å². The number of rotatable bonds is 3. The third kappa shape index (κ3) is 3.36. The van der Waals surface area contributed by atoms with Gasteiger partial charge in [-0.25, -0.2) is 0 Å². The lowest BCUT2D eigenvalue weighted by Crippen LogP contribution is -2.43. The minimum absolute atomic E-state index is 0.0739. The molecule has 1 fully saturated rings. The maximum absolute atomic E-state index is 12.4. The fraction of sp³-hybridized carbons (Fsp3) is 0.538. The highest BCUT2D eigenvalue weighted by molar-refractivity contribution is 9.11. The third-order valence-electron chi connectivity index (χ3n) is 3.60. The Kier molecular flexibility index (Phi) is 4.62. The average Bonchev–Trinajstić information content (AvgIpc) is 2.84. The Balaban J connectivity index is 1.96. The second-order valence-electron chi connectivity index (χ2n) is 4.87. The number of nitrogens with two attached hydrogens (primary N) is 1. The summed E-state index contributed by atoms with van der Waals surface area (Å²) in [6.45, 7) is 3.19. The summed E-state index contributed by atoms with van der Waals surface area (Å²) in [5.41, 5.74) is 5.30. The molecule has 1 aromatic heterocycles. The largest absolute Gasteiger partial charge is 0.369 e. The van der Waals surface area contributed by atoms with Gasteiger partial charge < -0.3 is 10.6 Å². The van der Waals surface area contributed by atoms with Gasteiger partial charge in [0, 0.05) is 23.9 Å². The number of hydrogen-bond acceptors (Lipinski definition) is 3. The molecule has 1 aromatic rings. The van der Waals surface area contributed by atoms with Gasteiger partial charge in [-0.2, -0.15) is 0 Å². The zero-order valence-corrected chi connectivity index (χ0v) is 13.2. The maximum atomic E-state index is 12.4. The van der Waals surface area contributed by atoms with Crippen molar-refractivity contribution in [1.29, 1.82) is 0 Å². The smallest absolute Gasteiger partial charge is 0.230 e. The van der Waals surface area contributed by atoms with E-state index in [9.17, 15) is 9.59 Å². The normalized spacial score (nSPS) is 18.3. The first-order valence-corrected chi connectivity index (χ1v) is 7.93. The lowest BCUT2D eigenvalue weighted by atomic mass is 9.95. The molecular formula is C13H17BrN2O2S. The summed E-state index contributed by atoms with van der Waals surface area (Å²) in [4.78, 5) is 26.4. The number of piperidine rings is 1. The predicted molar refractivity (Wildman–Crippen MR) is 78.9 cm³/mol. The molecule has 1 saturated heterocycles. The first-order chi connectivity index (χ1) is 8.99. The van der Waals surface area contributed by atoms with Gasteiger partial charge in [0.2, 0.25) is 11.8 Å². The van der Waals surface area contributed by atoms with Crippen LogP contribution in [0.15, 0.2) is 15.9 Å². The van der Waals surface area contributed by atoms with Crippen LogP contribution in [0.25, 0.3) is 0 Å². The van der Waals surface area contributed by atoms with Crippen molar-refractivity contribution in [2.45, 2.75) is 25.7 Å². The number of amides is 2. The summed E-state index contributed by atoms with van der Waals surface area (Å²) in [5.74, 6) is -0.309. The molecule has 2 heterocycles. The monoisotopic (exact) mass is 344 g/mol. The zero-order valence-electron chi connectivity index (χ0n) is 10.8. The molecule has 0 aromatic carbocycles. The first-order valence-electron chi connectivity index (χ1n) is 6.32. The molecule has 2 amide bonds. The van der Waals surface area contributed by atoms with E-state index in [0.717, 1.165) is 8.66 Å². The van der Waals surface area contributed by atoms with E-state index >= 15 is 0 Å². The number of hydrogen-bond donors (Lipinski definition) is 1. The second kappa shape index (κ2) is 6.05. The number of halogens is 1. The SMILES string of the molecule is CC(C(=O)N1CCC(C(N)=O)CC1)c1ccc(Br)s1. The maximum Gasteiger partial charge on any atom is 0.230 e. The van der Waals surface area contributed by atoms with Crippen molar-refractivity contribution < 1.29 is 9.59 Å². The molecule has 1 aliphatic rings. The molecule has 19 heavy (non-hydrogen) atoms. The van der Waals surface area contributed by atoms with Crippen LogP contribution in [0.1, 0.15) is 30.6 Å². The van der Waals surface area contributed by atoms with Gasteiger partial charge in [0.05, 0.1) is 9.70 Å². The van der Waals surface area contributed by atoms with Gasteiger partial charge in [-0.3, -0.25) is 9.59 Å². The Morgan fingerprint density at radius 3 is 2.53 bits per heavy atom. The summed E-state index contributed by atoms with van der Waals surface area (Å²) >= 11 is 5.00. The quantitative estimate of drug-likeness (QED) is 0.914. The van der Waals surface area contributed by atoms with Crippen molar-refractivity contribution in [2.75, 3.05) is 13.1 Å². The van der Waals surface area contributed by atoms with Crippen LogP contribution in [-0.2, 0) is 9.59 Å². The molecule has 1 atom stereocenters. The minimum atomic E-state index is -0.248. The van der Waals surface area contributed by atoms with E-state index in [1.54, 1.807) is 11.3 Å². The van der Waals surface area contributed by atoms with E-state index in [4.69, 9.17) is 5.73 Å². The van der Waals surface area contributed by atoms with E-state index in [0.29, 0.717) is 25.9 Å². The van der Waals surface area contributed by atoms with Gasteiger partial charge >= 0.3 is 0 Å². The van der Waals surface area contributed by atoms with Crippen LogP contribution >= 0.6 is 27.3 Å². The highest BCUT2D eigenvalue weighted by atomic mass is 79.9. The van der Waals surface area contributed by atoms with Crippen molar-refractivity contribution in [1.82, 2.24) is 4.90 Å². The van der Waals surface area contributed by atoms with E-state index < -0.39 is 0 Å². The van der Waals surface area contributed by atoms with Gasteiger partial charge in [-0.1, -0.05) is 0 Å². The number of carbonyl (C=O) groups is 2. The Bertz CT molecular complexity index is 481. The van der Waals surface area contributed by atoms with Crippen molar-refractivity contribution >= 4 is 39.1 Å². The Morgan fingerprint density at radius 2 is 2.05 bits per heavy atom. The Labute approximate surface area is 125 Å². The molecule has 104 valence electrons. The van der Waals surface area contributed by atoms with Crippen LogP contribution in [0.2, 0.25) is 0 Å². The van der Waals surface area contributed by atoms with Crippen LogP contribution in [0.4, 0.5) is 0 Å². The molecule has 0 aliphatic carbocycles. The highest BCUT2D eigenvalue weighted by Gasteiger charge is 2.29. The second-order valence-corrected chi connectivity index (χ2v) is 7.36. The van der Waals surface area contributed by atoms with Crippen LogP contribution in [0, 0.1) is 5.92 Å². The molecule has 0 saturated carbocycles. The van der Waals surface area contributed by atoms with Gasteiger partial charge in [-0.15, -0.1) is 11.3 Å². The number of carbonyl (C=O) groups excluding carboxylic acids is 2. The molecule has 1 aliphatic heterocycles. The van der Waals surface area contributed by atoms with Gasteiger partial charge in [0.1, 0.15) is 0 Å². The third-order valence-corrected chi connectivity index (χ3v) is 5.41. The fourth-order valence-corrected chi connectivity index (χ4v) is 3.81. The van der Waals surface area contributed by atoms with Crippen molar-refractivity contribution in [2.24, 2.45) is 11.7 Å². The van der Waals surface area contributed by atoms with Crippen LogP contribution in [0.5, 0.6) is 0 Å². The summed E-state index contributed by atoms with van der Waals surface area (Å²) in [5, 5.41) is 0. The molecule has 2 N–H and O–H groups in total. The van der Waals surface area contributed by atoms with Crippen molar-refractivity contribution in [3.8, 4) is 0 Å². The van der Waals surface area contributed by atoms with Crippen LogP contribution < -0.4 is 5.73 Å². The van der Waals surface area contributed by atoms with E-state index in [-0.39, 0.29) is 23.7 Å². The molecule has 0 spiro atoms. The standard InChI is InChI=1S/C13H17BrN2O2S/c1-8(10-2-3-11(14)19-10)13(18)16-6-4-9(5-7-16)12(15)17/h2-3,8-9H,4-7H2,1H3,(H2,15,17). The van der Waals surface area contributed by atoms with Gasteiger partial charge in [-0.05, 0) is 47.8 Å². The average molecular weight is 345 g/mol. The summed E-state index contributed by atoms with van der Waals surface area (Å²) in [6.07, 6.45) is 1.36. The molecule has 0 radical (unpaired) electrons.